The molecule has 1 fully saturated rings. The van der Waals surface area contributed by atoms with Gasteiger partial charge < -0.3 is 15.4 Å². The first-order chi connectivity index (χ1) is 11.6. The third-order valence-electron chi connectivity index (χ3n) is 4.44. The number of methoxy groups -OCH3 is 1. The number of carbonyl (C=O) groups is 2. The molecule has 0 radical (unpaired) electrons. The first-order valence-corrected chi connectivity index (χ1v) is 8.41. The van der Waals surface area contributed by atoms with Gasteiger partial charge in [-0.1, -0.05) is 12.1 Å². The topological polar surface area (TPSA) is 67.4 Å². The molecule has 1 saturated heterocycles. The van der Waals surface area contributed by atoms with Crippen LogP contribution in [-0.2, 0) is 14.3 Å². The zero-order chi connectivity index (χ0) is 17.4. The van der Waals surface area contributed by atoms with Gasteiger partial charge in [0.25, 0.3) is 0 Å². The Morgan fingerprint density at radius 1 is 1.29 bits per heavy atom. The standard InChI is InChI=1S/C18H25FN2O3/c1-24-18(23)12-16(14-3-5-15(19)6-4-14)21-17(22)7-2-13-8-10-20-11-9-13/h3-6,13,16,20H,2,7-12H2,1H3,(H,21,22). The fourth-order valence-corrected chi connectivity index (χ4v) is 2.97. The van der Waals surface area contributed by atoms with Crippen LogP contribution in [0.1, 0.15) is 43.7 Å². The highest BCUT2D eigenvalue weighted by atomic mass is 19.1. The zero-order valence-corrected chi connectivity index (χ0v) is 14.0. The van der Waals surface area contributed by atoms with E-state index in [1.165, 1.54) is 19.2 Å². The van der Waals surface area contributed by atoms with Gasteiger partial charge in [0.15, 0.2) is 0 Å². The Bertz CT molecular complexity index is 542. The first kappa shape index (κ1) is 18.4. The van der Waals surface area contributed by atoms with Crippen molar-refractivity contribution in [3.05, 3.63) is 35.6 Å². The fourth-order valence-electron chi connectivity index (χ4n) is 2.97. The van der Waals surface area contributed by atoms with Crippen LogP contribution in [0, 0.1) is 11.7 Å². The molecule has 132 valence electrons. The number of hydrogen-bond acceptors (Lipinski definition) is 4. The average molecular weight is 336 g/mol. The Hall–Kier alpha value is -1.95. The van der Waals surface area contributed by atoms with Crippen molar-refractivity contribution in [3.63, 3.8) is 0 Å². The summed E-state index contributed by atoms with van der Waals surface area (Å²) in [4.78, 5) is 23.8. The van der Waals surface area contributed by atoms with E-state index in [2.05, 4.69) is 10.6 Å². The highest BCUT2D eigenvalue weighted by molar-refractivity contribution is 5.78. The predicted molar refractivity (Wildman–Crippen MR) is 88.7 cm³/mol. The Balaban J connectivity index is 1.92. The molecule has 1 aromatic carbocycles. The minimum Gasteiger partial charge on any atom is -0.469 e. The van der Waals surface area contributed by atoms with Crippen LogP contribution in [0.4, 0.5) is 4.39 Å². The Morgan fingerprint density at radius 2 is 1.96 bits per heavy atom. The lowest BCUT2D eigenvalue weighted by molar-refractivity contribution is -0.141. The van der Waals surface area contributed by atoms with Gasteiger partial charge in [-0.2, -0.15) is 0 Å². The maximum atomic E-state index is 13.1. The summed E-state index contributed by atoms with van der Waals surface area (Å²) >= 11 is 0. The van der Waals surface area contributed by atoms with Gasteiger partial charge in [-0.25, -0.2) is 4.39 Å². The maximum absolute atomic E-state index is 13.1. The van der Waals surface area contributed by atoms with Gasteiger partial charge in [0, 0.05) is 6.42 Å². The lowest BCUT2D eigenvalue weighted by atomic mass is 9.93. The van der Waals surface area contributed by atoms with E-state index < -0.39 is 12.0 Å². The van der Waals surface area contributed by atoms with E-state index in [0.29, 0.717) is 17.9 Å². The number of piperidine rings is 1. The monoisotopic (exact) mass is 336 g/mol. The van der Waals surface area contributed by atoms with E-state index in [4.69, 9.17) is 4.74 Å². The van der Waals surface area contributed by atoms with Crippen molar-refractivity contribution in [1.82, 2.24) is 10.6 Å². The summed E-state index contributed by atoms with van der Waals surface area (Å²) in [7, 11) is 1.31. The molecule has 1 unspecified atom stereocenters. The van der Waals surface area contributed by atoms with Crippen LogP contribution in [0.3, 0.4) is 0 Å². The summed E-state index contributed by atoms with van der Waals surface area (Å²) in [5.74, 6) is -0.288. The number of nitrogens with one attached hydrogen (secondary N) is 2. The second-order valence-electron chi connectivity index (χ2n) is 6.18. The van der Waals surface area contributed by atoms with Crippen molar-refractivity contribution < 1.29 is 18.7 Å². The van der Waals surface area contributed by atoms with Gasteiger partial charge in [-0.05, 0) is 56.0 Å². The average Bonchev–Trinajstić information content (AvgIpc) is 2.61. The van der Waals surface area contributed by atoms with Crippen molar-refractivity contribution >= 4 is 11.9 Å². The van der Waals surface area contributed by atoms with Crippen LogP contribution in [0.25, 0.3) is 0 Å². The minimum absolute atomic E-state index is 0.0290. The molecule has 5 nitrogen and oxygen atoms in total. The molecule has 1 aliphatic heterocycles. The Kier molecular flexibility index (Phi) is 7.18. The van der Waals surface area contributed by atoms with Gasteiger partial charge in [0.1, 0.15) is 5.82 Å². The molecule has 0 aliphatic carbocycles. The van der Waals surface area contributed by atoms with Gasteiger partial charge >= 0.3 is 5.97 Å². The van der Waals surface area contributed by atoms with Gasteiger partial charge in [0.05, 0.1) is 19.6 Å². The van der Waals surface area contributed by atoms with Crippen LogP contribution in [-0.4, -0.2) is 32.1 Å². The van der Waals surface area contributed by atoms with Crippen LogP contribution in [0.15, 0.2) is 24.3 Å². The molecular weight excluding hydrogens is 311 g/mol. The third kappa shape index (κ3) is 5.92. The SMILES string of the molecule is COC(=O)CC(NC(=O)CCC1CCNCC1)c1ccc(F)cc1. The smallest absolute Gasteiger partial charge is 0.307 e. The van der Waals surface area contributed by atoms with Crippen molar-refractivity contribution in [3.8, 4) is 0 Å². The molecule has 2 rings (SSSR count). The van der Waals surface area contributed by atoms with Crippen LogP contribution >= 0.6 is 0 Å². The highest BCUT2D eigenvalue weighted by Crippen LogP contribution is 2.20. The van der Waals surface area contributed by atoms with Crippen molar-refractivity contribution in [2.45, 2.75) is 38.1 Å². The third-order valence-corrected chi connectivity index (χ3v) is 4.44. The number of carbonyl (C=O) groups excluding carboxylic acids is 2. The molecule has 24 heavy (non-hydrogen) atoms. The van der Waals surface area contributed by atoms with Gasteiger partial charge in [-0.15, -0.1) is 0 Å². The number of hydrogen-bond donors (Lipinski definition) is 2. The molecule has 1 heterocycles. The molecule has 0 bridgehead atoms. The van der Waals surface area contributed by atoms with Gasteiger partial charge in [-0.3, -0.25) is 9.59 Å². The summed E-state index contributed by atoms with van der Waals surface area (Å²) in [6, 6.07) is 5.30. The summed E-state index contributed by atoms with van der Waals surface area (Å²) in [5, 5.41) is 6.19. The zero-order valence-electron chi connectivity index (χ0n) is 14.0. The molecule has 0 aromatic heterocycles. The molecule has 1 aliphatic rings. The first-order valence-electron chi connectivity index (χ1n) is 8.41. The van der Waals surface area contributed by atoms with Gasteiger partial charge in [0.2, 0.25) is 5.91 Å². The second-order valence-corrected chi connectivity index (χ2v) is 6.18. The van der Waals surface area contributed by atoms with Crippen molar-refractivity contribution in [1.29, 1.82) is 0 Å². The van der Waals surface area contributed by atoms with Crippen molar-refractivity contribution in [2.24, 2.45) is 5.92 Å². The number of ether oxygens (including phenoxy) is 1. The summed E-state index contributed by atoms with van der Waals surface area (Å²) in [6.45, 7) is 2.01. The lowest BCUT2D eigenvalue weighted by Gasteiger charge is -2.23. The predicted octanol–water partition coefficient (Wildman–Crippen LogP) is 2.33. The highest BCUT2D eigenvalue weighted by Gasteiger charge is 2.20. The molecular formula is C18H25FN2O3. The number of rotatable bonds is 7. The van der Waals surface area contributed by atoms with E-state index in [0.717, 1.165) is 32.4 Å². The summed E-state index contributed by atoms with van der Waals surface area (Å²) < 4.78 is 17.8. The molecule has 2 N–H and O–H groups in total. The second kappa shape index (κ2) is 9.37. The number of halogens is 1. The minimum atomic E-state index is -0.501. The molecule has 1 amide bonds. The molecule has 6 heteroatoms. The molecule has 1 aromatic rings. The maximum Gasteiger partial charge on any atom is 0.307 e. The van der Waals surface area contributed by atoms with Crippen LogP contribution < -0.4 is 10.6 Å². The fraction of sp³-hybridized carbons (Fsp3) is 0.556. The van der Waals surface area contributed by atoms with E-state index in [9.17, 15) is 14.0 Å². The number of benzene rings is 1. The van der Waals surface area contributed by atoms with E-state index in [1.54, 1.807) is 12.1 Å². The van der Waals surface area contributed by atoms with E-state index in [-0.39, 0.29) is 18.1 Å². The Morgan fingerprint density at radius 3 is 2.58 bits per heavy atom. The molecule has 1 atom stereocenters. The molecule has 0 spiro atoms. The van der Waals surface area contributed by atoms with Crippen molar-refractivity contribution in [2.75, 3.05) is 20.2 Å². The lowest BCUT2D eigenvalue weighted by Crippen LogP contribution is -2.32. The van der Waals surface area contributed by atoms with E-state index >= 15 is 0 Å². The molecule has 0 saturated carbocycles. The number of esters is 1. The normalized spacial score (nSPS) is 16.4. The van der Waals surface area contributed by atoms with E-state index in [1.807, 2.05) is 0 Å². The largest absolute Gasteiger partial charge is 0.469 e. The Labute approximate surface area is 142 Å². The summed E-state index contributed by atoms with van der Waals surface area (Å²) in [5.41, 5.74) is 0.692. The summed E-state index contributed by atoms with van der Waals surface area (Å²) in [6.07, 6.45) is 3.50. The van der Waals surface area contributed by atoms with Crippen LogP contribution in [0.2, 0.25) is 0 Å². The van der Waals surface area contributed by atoms with Crippen LogP contribution in [0.5, 0.6) is 0 Å². The number of amides is 1. The quantitative estimate of drug-likeness (QED) is 0.750.